The molecular formula is C45H82N10. The Morgan fingerprint density at radius 1 is 0.473 bits per heavy atom. The van der Waals surface area contributed by atoms with Gasteiger partial charge in [-0.1, -0.05) is 44.0 Å². The van der Waals surface area contributed by atoms with E-state index in [2.05, 4.69) is 82.3 Å². The highest BCUT2D eigenvalue weighted by Crippen LogP contribution is 2.30. The quantitative estimate of drug-likeness (QED) is 0.295. The van der Waals surface area contributed by atoms with Crippen LogP contribution in [0.2, 0.25) is 0 Å². The molecule has 312 valence electrons. The number of hydrogen-bond donors (Lipinski definition) is 5. The Balaban J connectivity index is 0.000000107. The van der Waals surface area contributed by atoms with Crippen LogP contribution in [0.25, 0.3) is 0 Å². The summed E-state index contributed by atoms with van der Waals surface area (Å²) in [5, 5.41) is 17.3. The summed E-state index contributed by atoms with van der Waals surface area (Å²) in [6.45, 7) is 26.1. The molecule has 1 aromatic rings. The van der Waals surface area contributed by atoms with Gasteiger partial charge >= 0.3 is 0 Å². The standard InChI is InChI=1S/C12H16N2.C10H20N2.2C8H16N2.C7H14N2/c1-2-4-11-10(3-1)5-7-14-8-6-13-9-12(11)14;1-2-9-4-3-5-10-8-11-6-7-12(9)10;1-3-8-7-9-4-2-6-10(8)5-1;1-2-5-10-6-4-9-7-8(10)3-1;1-2-7-6-8-3-5-9(7)4-1/h1-4,12-13H,5-9H2;9-11H,2-8H2,1H3;2*8-9H,1-7H2;7-8H,1-6H2. The number of hydrogen-bond acceptors (Lipinski definition) is 10. The smallest absolute Gasteiger partial charge is 0.0476 e. The molecule has 9 fully saturated rings. The van der Waals surface area contributed by atoms with Crippen LogP contribution in [0.5, 0.6) is 0 Å². The molecule has 1 aromatic carbocycles. The predicted molar refractivity (Wildman–Crippen MR) is 230 cm³/mol. The van der Waals surface area contributed by atoms with E-state index in [1.54, 1.807) is 11.1 Å². The van der Waals surface area contributed by atoms with Crippen molar-refractivity contribution in [1.29, 1.82) is 0 Å². The van der Waals surface area contributed by atoms with Gasteiger partial charge in [0.05, 0.1) is 0 Å². The molecule has 0 bridgehead atoms. The van der Waals surface area contributed by atoms with Crippen LogP contribution >= 0.6 is 0 Å². The number of piperidine rings is 2. The van der Waals surface area contributed by atoms with Gasteiger partial charge in [0, 0.05) is 128 Å². The lowest BCUT2D eigenvalue weighted by Gasteiger charge is -2.45. The van der Waals surface area contributed by atoms with Gasteiger partial charge in [0.1, 0.15) is 0 Å². The molecule has 0 saturated carbocycles. The highest BCUT2D eigenvalue weighted by molar-refractivity contribution is 5.33. The van der Waals surface area contributed by atoms with Crippen LogP contribution < -0.4 is 26.6 Å². The topological polar surface area (TPSA) is 76.4 Å². The van der Waals surface area contributed by atoms with Crippen molar-refractivity contribution in [2.24, 2.45) is 0 Å². The minimum absolute atomic E-state index is 0.633. The van der Waals surface area contributed by atoms with Crippen molar-refractivity contribution in [1.82, 2.24) is 51.1 Å². The summed E-state index contributed by atoms with van der Waals surface area (Å²) in [7, 11) is 0. The fourth-order valence-electron chi connectivity index (χ4n) is 11.5. The third kappa shape index (κ3) is 12.2. The molecule has 10 heteroatoms. The van der Waals surface area contributed by atoms with E-state index in [-0.39, 0.29) is 0 Å². The molecule has 11 rings (SSSR count). The Kier molecular flexibility index (Phi) is 17.4. The van der Waals surface area contributed by atoms with E-state index in [1.165, 1.54) is 195 Å². The van der Waals surface area contributed by atoms with Gasteiger partial charge in [-0.25, -0.2) is 0 Å². The van der Waals surface area contributed by atoms with Gasteiger partial charge in [0.2, 0.25) is 0 Å². The zero-order valence-electron chi connectivity index (χ0n) is 35.1. The first kappa shape index (κ1) is 42.0. The van der Waals surface area contributed by atoms with Gasteiger partial charge in [-0.15, -0.1) is 0 Å². The van der Waals surface area contributed by atoms with Crippen molar-refractivity contribution >= 4 is 0 Å². The van der Waals surface area contributed by atoms with Crippen molar-refractivity contribution in [2.75, 3.05) is 124 Å². The van der Waals surface area contributed by atoms with Gasteiger partial charge in [-0.2, -0.15) is 0 Å². The van der Waals surface area contributed by atoms with E-state index in [1.807, 2.05) is 0 Å². The van der Waals surface area contributed by atoms with Gasteiger partial charge in [0.15, 0.2) is 0 Å². The zero-order valence-corrected chi connectivity index (χ0v) is 35.1. The Hall–Kier alpha value is -1.18. The Morgan fingerprint density at radius 3 is 1.73 bits per heavy atom. The molecule has 6 unspecified atom stereocenters. The van der Waals surface area contributed by atoms with Gasteiger partial charge < -0.3 is 26.6 Å². The van der Waals surface area contributed by atoms with Crippen molar-refractivity contribution in [3.05, 3.63) is 35.4 Å². The van der Waals surface area contributed by atoms with E-state index in [4.69, 9.17) is 0 Å². The zero-order chi connectivity index (χ0) is 37.5. The highest BCUT2D eigenvalue weighted by Gasteiger charge is 2.32. The summed E-state index contributed by atoms with van der Waals surface area (Å²) in [6, 6.07) is 13.9. The lowest BCUT2D eigenvalue weighted by Crippen LogP contribution is -2.56. The van der Waals surface area contributed by atoms with E-state index in [0.717, 1.165) is 43.3 Å². The minimum atomic E-state index is 0.633. The van der Waals surface area contributed by atoms with Crippen LogP contribution in [0.3, 0.4) is 0 Å². The molecule has 10 aliphatic heterocycles. The van der Waals surface area contributed by atoms with E-state index >= 15 is 0 Å². The van der Waals surface area contributed by atoms with Gasteiger partial charge in [-0.3, -0.25) is 24.5 Å². The fraction of sp³-hybridized carbons (Fsp3) is 0.867. The summed E-state index contributed by atoms with van der Waals surface area (Å²) >= 11 is 0. The second-order valence-corrected chi connectivity index (χ2v) is 18.1. The molecule has 10 aliphatic rings. The predicted octanol–water partition coefficient (Wildman–Crippen LogP) is 3.35. The molecular weight excluding hydrogens is 681 g/mol. The fourth-order valence-corrected chi connectivity index (χ4v) is 11.5. The minimum Gasteiger partial charge on any atom is -0.315 e. The second kappa shape index (κ2) is 22.8. The Morgan fingerprint density at radius 2 is 1.02 bits per heavy atom. The molecule has 0 spiro atoms. The maximum Gasteiger partial charge on any atom is 0.0476 e. The number of nitrogens with one attached hydrogen (secondary N) is 5. The average molecular weight is 763 g/mol. The van der Waals surface area contributed by atoms with E-state index in [0.29, 0.717) is 6.04 Å². The lowest BCUT2D eigenvalue weighted by atomic mass is 9.91. The number of nitrogens with zero attached hydrogens (tertiary/aromatic N) is 5. The van der Waals surface area contributed by atoms with Crippen molar-refractivity contribution in [3.8, 4) is 0 Å². The van der Waals surface area contributed by atoms with Crippen molar-refractivity contribution < 1.29 is 0 Å². The highest BCUT2D eigenvalue weighted by atomic mass is 15.3. The summed E-state index contributed by atoms with van der Waals surface area (Å²) in [4.78, 5) is 13.2. The van der Waals surface area contributed by atoms with Crippen molar-refractivity contribution in [2.45, 2.75) is 127 Å². The lowest BCUT2D eigenvalue weighted by molar-refractivity contribution is 0.0604. The summed E-state index contributed by atoms with van der Waals surface area (Å²) in [5.41, 5.74) is 3.10. The molecule has 0 aromatic heterocycles. The van der Waals surface area contributed by atoms with Crippen LogP contribution in [-0.4, -0.2) is 179 Å². The van der Waals surface area contributed by atoms with Crippen LogP contribution in [0.15, 0.2) is 24.3 Å². The number of piperazine rings is 4. The molecule has 0 amide bonds. The largest absolute Gasteiger partial charge is 0.315 e. The molecule has 55 heavy (non-hydrogen) atoms. The van der Waals surface area contributed by atoms with Gasteiger partial charge in [0.25, 0.3) is 0 Å². The molecule has 0 radical (unpaired) electrons. The average Bonchev–Trinajstić information content (AvgIpc) is 3.88. The molecule has 9 saturated heterocycles. The third-order valence-electron chi connectivity index (χ3n) is 14.7. The summed E-state index contributed by atoms with van der Waals surface area (Å²) in [5.74, 6) is 0. The van der Waals surface area contributed by atoms with E-state index < -0.39 is 0 Å². The third-order valence-corrected chi connectivity index (χ3v) is 14.7. The molecule has 10 heterocycles. The first-order chi connectivity index (χ1) is 27.3. The molecule has 10 nitrogen and oxygen atoms in total. The maximum absolute atomic E-state index is 3.49. The molecule has 0 aliphatic carbocycles. The van der Waals surface area contributed by atoms with Crippen LogP contribution in [0.1, 0.15) is 101 Å². The number of fused-ring (bicyclic) bond motifs is 7. The Labute approximate surface area is 336 Å². The van der Waals surface area contributed by atoms with Gasteiger partial charge in [-0.05, 0) is 114 Å². The van der Waals surface area contributed by atoms with Crippen LogP contribution in [0, 0.1) is 0 Å². The molecule has 5 N–H and O–H groups in total. The first-order valence-corrected chi connectivity index (χ1v) is 23.6. The van der Waals surface area contributed by atoms with Crippen molar-refractivity contribution in [3.63, 3.8) is 0 Å². The molecule has 6 atom stereocenters. The van der Waals surface area contributed by atoms with Crippen LogP contribution in [-0.2, 0) is 6.42 Å². The summed E-state index contributed by atoms with van der Waals surface area (Å²) in [6.07, 6.45) is 18.2. The number of benzene rings is 1. The normalized spacial score (nSPS) is 33.9. The maximum atomic E-state index is 3.49. The first-order valence-electron chi connectivity index (χ1n) is 23.6. The SMILES string of the molecule is C1CC2CNCCN2C1.C1CCN2CCNCC2C1.C1CNCC2CCCN2C1.CCC1CCCC2CNCCN12.c1ccc2c(c1)CCN1CCNCC21. The Bertz CT molecular complexity index is 1160. The number of rotatable bonds is 1. The second-order valence-electron chi connectivity index (χ2n) is 18.1. The summed E-state index contributed by atoms with van der Waals surface area (Å²) < 4.78 is 0. The van der Waals surface area contributed by atoms with Crippen LogP contribution in [0.4, 0.5) is 0 Å². The monoisotopic (exact) mass is 763 g/mol. The van der Waals surface area contributed by atoms with E-state index in [9.17, 15) is 0 Å².